The monoisotopic (exact) mass is 436 g/mol. The Balaban J connectivity index is 1.53. The molecule has 3 N–H and O–H groups in total. The largest absolute Gasteiger partial charge is 0.459 e. The Morgan fingerprint density at radius 3 is 2.61 bits per heavy atom. The molecule has 0 bridgehead atoms. The lowest BCUT2D eigenvalue weighted by Crippen LogP contribution is -2.47. The van der Waals surface area contributed by atoms with Crippen molar-refractivity contribution in [1.29, 1.82) is 0 Å². The van der Waals surface area contributed by atoms with Crippen molar-refractivity contribution in [1.82, 2.24) is 15.3 Å². The van der Waals surface area contributed by atoms with Gasteiger partial charge >= 0.3 is 0 Å². The van der Waals surface area contributed by atoms with E-state index in [1.807, 2.05) is 38.1 Å². The fourth-order valence-corrected chi connectivity index (χ4v) is 3.47. The Morgan fingerprint density at radius 1 is 1.10 bits per heavy atom. The van der Waals surface area contributed by atoms with Crippen molar-refractivity contribution in [2.75, 3.05) is 5.32 Å². The van der Waals surface area contributed by atoms with Crippen LogP contribution in [0.1, 0.15) is 24.4 Å². The summed E-state index contributed by atoms with van der Waals surface area (Å²) in [6.07, 6.45) is 1.41. The Kier molecular flexibility index (Phi) is 5.77. The molecule has 0 saturated carbocycles. The lowest BCUT2D eigenvalue weighted by molar-refractivity contribution is -0.118. The van der Waals surface area contributed by atoms with Crippen LogP contribution in [-0.2, 0) is 4.79 Å². The lowest BCUT2D eigenvalue weighted by Gasteiger charge is -2.21. The summed E-state index contributed by atoms with van der Waals surface area (Å²) >= 11 is 6.27. The maximum atomic E-state index is 12.9. The summed E-state index contributed by atoms with van der Waals surface area (Å²) in [6, 6.07) is 15.3. The summed E-state index contributed by atoms with van der Waals surface area (Å²) in [5.74, 6) is -0.0757. The number of aromatic amines is 1. The van der Waals surface area contributed by atoms with E-state index in [9.17, 15) is 9.59 Å². The number of fused-ring (bicyclic) bond motifs is 1. The Morgan fingerprint density at radius 2 is 1.90 bits per heavy atom. The summed E-state index contributed by atoms with van der Waals surface area (Å²) < 4.78 is 5.11. The van der Waals surface area contributed by atoms with Gasteiger partial charge in [0.1, 0.15) is 11.9 Å². The fourth-order valence-electron chi connectivity index (χ4n) is 3.24. The number of H-pyrrole nitrogens is 1. The maximum Gasteiger partial charge on any atom is 0.287 e. The molecule has 0 radical (unpaired) electrons. The number of amides is 2. The van der Waals surface area contributed by atoms with Crippen LogP contribution in [0.5, 0.6) is 0 Å². The average molecular weight is 437 g/mol. The van der Waals surface area contributed by atoms with Crippen molar-refractivity contribution >= 4 is 40.1 Å². The van der Waals surface area contributed by atoms with Crippen molar-refractivity contribution in [3.63, 3.8) is 0 Å². The van der Waals surface area contributed by atoms with Gasteiger partial charge in [0.15, 0.2) is 5.76 Å². The van der Waals surface area contributed by atoms with Crippen LogP contribution < -0.4 is 10.6 Å². The molecule has 158 valence electrons. The molecule has 8 heteroatoms. The molecule has 1 unspecified atom stereocenters. The molecule has 2 aromatic heterocycles. The van der Waals surface area contributed by atoms with Crippen LogP contribution >= 0.6 is 11.6 Å². The van der Waals surface area contributed by atoms with Gasteiger partial charge in [0, 0.05) is 11.3 Å². The van der Waals surface area contributed by atoms with E-state index < -0.39 is 11.9 Å². The van der Waals surface area contributed by atoms with Gasteiger partial charge in [-0.3, -0.25) is 9.59 Å². The van der Waals surface area contributed by atoms with Gasteiger partial charge in [0.2, 0.25) is 5.91 Å². The summed E-state index contributed by atoms with van der Waals surface area (Å²) in [5.41, 5.74) is 2.89. The standard InChI is InChI=1S/C23H21ClN4O3/c1-13(2)20(28-22(29)19-8-5-11-31-19)23(30)25-14-9-10-17-18(12-14)27-21(26-17)15-6-3-4-7-16(15)24/h3-13,20H,1-2H3,(H,25,30)(H,26,27)(H,28,29). The molecular weight excluding hydrogens is 416 g/mol. The summed E-state index contributed by atoms with van der Waals surface area (Å²) in [7, 11) is 0. The third kappa shape index (κ3) is 4.46. The second-order valence-electron chi connectivity index (χ2n) is 7.46. The minimum absolute atomic E-state index is 0.123. The average Bonchev–Trinajstić information content (AvgIpc) is 3.41. The van der Waals surface area contributed by atoms with Crippen LogP contribution in [-0.4, -0.2) is 27.8 Å². The smallest absolute Gasteiger partial charge is 0.287 e. The molecule has 2 heterocycles. The number of carbonyl (C=O) groups excluding carboxylic acids is 2. The number of carbonyl (C=O) groups is 2. The number of nitrogens with one attached hydrogen (secondary N) is 3. The van der Waals surface area contributed by atoms with E-state index in [1.54, 1.807) is 30.3 Å². The van der Waals surface area contributed by atoms with Gasteiger partial charge in [-0.15, -0.1) is 0 Å². The highest BCUT2D eigenvalue weighted by Gasteiger charge is 2.25. The number of rotatable bonds is 6. The highest BCUT2D eigenvalue weighted by atomic mass is 35.5. The molecule has 0 aliphatic rings. The summed E-state index contributed by atoms with van der Waals surface area (Å²) in [5, 5.41) is 6.20. The summed E-state index contributed by atoms with van der Waals surface area (Å²) in [6.45, 7) is 3.72. The zero-order valence-electron chi connectivity index (χ0n) is 17.0. The normalized spacial score (nSPS) is 12.1. The maximum absolute atomic E-state index is 12.9. The lowest BCUT2D eigenvalue weighted by atomic mass is 10.0. The Labute approximate surface area is 183 Å². The van der Waals surface area contributed by atoms with Crippen LogP contribution in [0.25, 0.3) is 22.4 Å². The molecular formula is C23H21ClN4O3. The van der Waals surface area contributed by atoms with Crippen LogP contribution in [0.4, 0.5) is 5.69 Å². The first kappa shape index (κ1) is 20.7. The zero-order chi connectivity index (χ0) is 22.0. The van der Waals surface area contributed by atoms with Crippen molar-refractivity contribution in [3.05, 3.63) is 71.6 Å². The number of halogens is 1. The van der Waals surface area contributed by atoms with E-state index in [0.717, 1.165) is 16.6 Å². The Bertz CT molecular complexity index is 1230. The zero-order valence-corrected chi connectivity index (χ0v) is 17.7. The van der Waals surface area contributed by atoms with Crippen LogP contribution in [0.2, 0.25) is 5.02 Å². The first-order valence-electron chi connectivity index (χ1n) is 9.82. The second kappa shape index (κ2) is 8.65. The van der Waals surface area contributed by atoms with Crippen molar-refractivity contribution in [2.24, 2.45) is 5.92 Å². The third-order valence-electron chi connectivity index (χ3n) is 4.86. The summed E-state index contributed by atoms with van der Waals surface area (Å²) in [4.78, 5) is 33.0. The number of furan rings is 1. The number of benzene rings is 2. The molecule has 31 heavy (non-hydrogen) atoms. The van der Waals surface area contributed by atoms with Crippen LogP contribution in [0.3, 0.4) is 0 Å². The SMILES string of the molecule is CC(C)C(NC(=O)c1ccco1)C(=O)Nc1ccc2nc(-c3ccccc3Cl)[nH]c2c1. The van der Waals surface area contributed by atoms with E-state index >= 15 is 0 Å². The van der Waals surface area contributed by atoms with Gasteiger partial charge in [-0.2, -0.15) is 0 Å². The highest BCUT2D eigenvalue weighted by molar-refractivity contribution is 6.33. The van der Waals surface area contributed by atoms with Crippen LogP contribution in [0.15, 0.2) is 65.3 Å². The van der Waals surface area contributed by atoms with Crippen molar-refractivity contribution < 1.29 is 14.0 Å². The fraction of sp³-hybridized carbons (Fsp3) is 0.174. The molecule has 2 aromatic carbocycles. The van der Waals surface area contributed by atoms with Gasteiger partial charge in [-0.05, 0) is 48.4 Å². The first-order valence-corrected chi connectivity index (χ1v) is 10.2. The number of nitrogens with zero attached hydrogens (tertiary/aromatic N) is 1. The molecule has 2 amide bonds. The third-order valence-corrected chi connectivity index (χ3v) is 5.19. The van der Waals surface area contributed by atoms with E-state index in [0.29, 0.717) is 16.5 Å². The van der Waals surface area contributed by atoms with E-state index in [2.05, 4.69) is 20.6 Å². The molecule has 4 aromatic rings. The van der Waals surface area contributed by atoms with E-state index in [1.165, 1.54) is 6.26 Å². The topological polar surface area (TPSA) is 100 Å². The van der Waals surface area contributed by atoms with Gasteiger partial charge in [-0.25, -0.2) is 4.98 Å². The number of anilines is 1. The van der Waals surface area contributed by atoms with Gasteiger partial charge in [0.25, 0.3) is 5.91 Å². The molecule has 1 atom stereocenters. The van der Waals surface area contributed by atoms with E-state index in [-0.39, 0.29) is 17.6 Å². The number of hydrogen-bond donors (Lipinski definition) is 3. The number of imidazole rings is 1. The molecule has 0 aliphatic carbocycles. The molecule has 0 aliphatic heterocycles. The predicted octanol–water partition coefficient (Wildman–Crippen LogP) is 4.87. The number of aromatic nitrogens is 2. The van der Waals surface area contributed by atoms with Crippen molar-refractivity contribution in [3.8, 4) is 11.4 Å². The van der Waals surface area contributed by atoms with Crippen molar-refractivity contribution in [2.45, 2.75) is 19.9 Å². The van der Waals surface area contributed by atoms with Gasteiger partial charge < -0.3 is 20.0 Å². The molecule has 0 spiro atoms. The minimum Gasteiger partial charge on any atom is -0.459 e. The molecule has 7 nitrogen and oxygen atoms in total. The molecule has 0 fully saturated rings. The second-order valence-corrected chi connectivity index (χ2v) is 7.87. The van der Waals surface area contributed by atoms with E-state index in [4.69, 9.17) is 16.0 Å². The predicted molar refractivity (Wildman–Crippen MR) is 120 cm³/mol. The minimum atomic E-state index is -0.728. The molecule has 0 saturated heterocycles. The first-order chi connectivity index (χ1) is 14.9. The number of hydrogen-bond acceptors (Lipinski definition) is 4. The molecule has 4 rings (SSSR count). The Hall–Kier alpha value is -3.58. The highest BCUT2D eigenvalue weighted by Crippen LogP contribution is 2.28. The quantitative estimate of drug-likeness (QED) is 0.401. The van der Waals surface area contributed by atoms with Gasteiger partial charge in [0.05, 0.1) is 22.3 Å². The van der Waals surface area contributed by atoms with Gasteiger partial charge in [-0.1, -0.05) is 37.6 Å². The van der Waals surface area contributed by atoms with Crippen LogP contribution in [0, 0.1) is 5.92 Å².